The van der Waals surface area contributed by atoms with E-state index in [2.05, 4.69) is 9.88 Å². The molecule has 0 radical (unpaired) electrons. The number of nitrogens with zero attached hydrogens (tertiary/aromatic N) is 2. The molecule has 0 aliphatic carbocycles. The van der Waals surface area contributed by atoms with Crippen molar-refractivity contribution in [1.82, 2.24) is 10.1 Å². The van der Waals surface area contributed by atoms with E-state index in [4.69, 9.17) is 23.5 Å². The van der Waals surface area contributed by atoms with Crippen molar-refractivity contribution in [3.8, 4) is 11.5 Å². The Labute approximate surface area is 228 Å². The maximum atomic E-state index is 13.3. The monoisotopic (exact) mass is 561 g/mol. The number of carbonyl (C=O) groups is 1. The first-order chi connectivity index (χ1) is 18.4. The molecule has 1 aromatic heterocycles. The number of ether oxygens (including phenoxy) is 4. The van der Waals surface area contributed by atoms with Gasteiger partial charge in [0.15, 0.2) is 11.4 Å². The molecule has 11 nitrogen and oxygen atoms in total. The van der Waals surface area contributed by atoms with Crippen molar-refractivity contribution in [2.45, 2.75) is 63.7 Å². The van der Waals surface area contributed by atoms with Crippen LogP contribution in [0.4, 0.5) is 10.6 Å². The van der Waals surface area contributed by atoms with Gasteiger partial charge in [-0.25, -0.2) is 13.2 Å². The predicted molar refractivity (Wildman–Crippen MR) is 145 cm³/mol. The molecule has 1 saturated heterocycles. The number of nitrogens with one attached hydrogen (secondary N) is 1. The maximum Gasteiger partial charge on any atom is 0.410 e. The molecule has 1 fully saturated rings. The third-order valence-corrected chi connectivity index (χ3v) is 7.62. The Morgan fingerprint density at radius 1 is 1.13 bits per heavy atom. The number of carbonyl (C=O) groups excluding carboxylic acids is 1. The van der Waals surface area contributed by atoms with Crippen LogP contribution in [-0.4, -0.2) is 63.6 Å². The molecular weight excluding hydrogens is 526 g/mol. The first-order valence-corrected chi connectivity index (χ1v) is 14.2. The summed E-state index contributed by atoms with van der Waals surface area (Å²) < 4.78 is 56.9. The van der Waals surface area contributed by atoms with Crippen LogP contribution < -0.4 is 14.2 Å². The summed E-state index contributed by atoms with van der Waals surface area (Å²) in [5.41, 5.74) is 1.37. The van der Waals surface area contributed by atoms with Gasteiger partial charge in [0.25, 0.3) is 10.0 Å². The fourth-order valence-corrected chi connectivity index (χ4v) is 5.53. The molecule has 1 aliphatic heterocycles. The van der Waals surface area contributed by atoms with Crippen LogP contribution in [0.1, 0.15) is 45.2 Å². The average Bonchev–Trinajstić information content (AvgIpc) is 3.53. The number of methoxy groups -OCH3 is 2. The Hall–Kier alpha value is -3.51. The van der Waals surface area contributed by atoms with Gasteiger partial charge >= 0.3 is 6.09 Å². The number of sulfonamides is 1. The zero-order chi connectivity index (χ0) is 28.4. The third-order valence-electron chi connectivity index (χ3n) is 6.26. The van der Waals surface area contributed by atoms with E-state index in [0.29, 0.717) is 42.6 Å². The smallest absolute Gasteiger partial charge is 0.410 e. The fourth-order valence-electron chi connectivity index (χ4n) is 4.31. The first kappa shape index (κ1) is 28.5. The normalized spacial score (nSPS) is 15.9. The number of hydrogen-bond acceptors (Lipinski definition) is 9. The quantitative estimate of drug-likeness (QED) is 0.394. The van der Waals surface area contributed by atoms with E-state index in [-0.39, 0.29) is 35.3 Å². The van der Waals surface area contributed by atoms with Gasteiger partial charge in [0.1, 0.15) is 27.4 Å². The summed E-state index contributed by atoms with van der Waals surface area (Å²) in [6.07, 6.45) is 0.852. The standard InChI is InChI=1S/C27H35N3O8S/c1-7-17-8-9-20(34-5)23(14-17)39(32,33)29-25-24-21(35-6)12-18(13-22(24)38-28-25)16-36-19-10-11-30(15-19)26(31)37-27(2,3)4/h8-9,12-14,19H,7,10-11,15-16H2,1-6H3,(H,28,29)/t19-/m0/s1. The van der Waals surface area contributed by atoms with Gasteiger partial charge in [0, 0.05) is 6.54 Å². The maximum absolute atomic E-state index is 13.3. The van der Waals surface area contributed by atoms with Gasteiger partial charge in [-0.15, -0.1) is 0 Å². The molecule has 1 N–H and O–H groups in total. The van der Waals surface area contributed by atoms with Crippen LogP contribution in [0.2, 0.25) is 0 Å². The second-order valence-corrected chi connectivity index (χ2v) is 11.9. The Balaban J connectivity index is 1.50. The summed E-state index contributed by atoms with van der Waals surface area (Å²) in [6.45, 7) is 8.66. The lowest BCUT2D eigenvalue weighted by molar-refractivity contribution is 0.0184. The minimum atomic E-state index is -4.05. The van der Waals surface area contributed by atoms with Crippen LogP contribution in [0.5, 0.6) is 11.5 Å². The predicted octanol–water partition coefficient (Wildman–Crippen LogP) is 4.73. The average molecular weight is 562 g/mol. The van der Waals surface area contributed by atoms with Crippen molar-refractivity contribution in [3.63, 3.8) is 0 Å². The number of fused-ring (bicyclic) bond motifs is 1. The van der Waals surface area contributed by atoms with Crippen LogP contribution in [0.25, 0.3) is 11.0 Å². The van der Waals surface area contributed by atoms with Gasteiger partial charge < -0.3 is 28.4 Å². The van der Waals surface area contributed by atoms with Crippen LogP contribution in [0, 0.1) is 0 Å². The van der Waals surface area contributed by atoms with E-state index in [1.807, 2.05) is 33.8 Å². The Morgan fingerprint density at radius 2 is 1.87 bits per heavy atom. The molecular formula is C27H35N3O8S. The molecule has 2 aromatic carbocycles. The highest BCUT2D eigenvalue weighted by molar-refractivity contribution is 7.92. The molecule has 1 atom stereocenters. The van der Waals surface area contributed by atoms with E-state index in [9.17, 15) is 13.2 Å². The molecule has 0 bridgehead atoms. The number of aromatic nitrogens is 1. The number of benzene rings is 2. The van der Waals surface area contributed by atoms with Gasteiger partial charge in [-0.2, -0.15) is 0 Å². The zero-order valence-corrected chi connectivity index (χ0v) is 23.9. The summed E-state index contributed by atoms with van der Waals surface area (Å²) in [5, 5.41) is 4.35. The Kier molecular flexibility index (Phi) is 8.26. The number of rotatable bonds is 9. The van der Waals surface area contributed by atoms with E-state index in [0.717, 1.165) is 11.1 Å². The third kappa shape index (κ3) is 6.56. The lowest BCUT2D eigenvalue weighted by Gasteiger charge is -2.24. The van der Waals surface area contributed by atoms with Gasteiger partial charge in [-0.05, 0) is 69.0 Å². The summed E-state index contributed by atoms with van der Waals surface area (Å²) in [4.78, 5) is 14.0. The number of likely N-dealkylation sites (tertiary alicyclic amines) is 1. The van der Waals surface area contributed by atoms with Gasteiger partial charge in [-0.3, -0.25) is 4.72 Å². The SMILES string of the molecule is CCc1ccc(OC)c(S(=O)(=O)Nc2noc3cc(CO[C@H]4CCN(C(=O)OC(C)(C)C)C4)cc(OC)c23)c1. The molecule has 1 aliphatic rings. The molecule has 12 heteroatoms. The Bertz CT molecular complexity index is 1450. The highest BCUT2D eigenvalue weighted by Crippen LogP contribution is 2.36. The molecule has 212 valence electrons. The molecule has 0 unspecified atom stereocenters. The van der Waals surface area contributed by atoms with Crippen LogP contribution >= 0.6 is 0 Å². The molecule has 4 rings (SSSR count). The second-order valence-electron chi connectivity index (χ2n) is 10.3. The van der Waals surface area contributed by atoms with Gasteiger partial charge in [0.05, 0.1) is 33.5 Å². The fraction of sp³-hybridized carbons (Fsp3) is 0.481. The number of anilines is 1. The van der Waals surface area contributed by atoms with E-state index < -0.39 is 15.6 Å². The second kappa shape index (κ2) is 11.3. The van der Waals surface area contributed by atoms with Crippen molar-refractivity contribution >= 4 is 32.9 Å². The topological polar surface area (TPSA) is 129 Å². The molecule has 0 saturated carbocycles. The van der Waals surface area contributed by atoms with Crippen LogP contribution in [0.3, 0.4) is 0 Å². The molecule has 39 heavy (non-hydrogen) atoms. The van der Waals surface area contributed by atoms with E-state index in [1.54, 1.807) is 29.2 Å². The van der Waals surface area contributed by atoms with E-state index >= 15 is 0 Å². The van der Waals surface area contributed by atoms with Crippen LogP contribution in [-0.2, 0) is 32.5 Å². The molecule has 1 amide bonds. The molecule has 2 heterocycles. The largest absolute Gasteiger partial charge is 0.496 e. The summed E-state index contributed by atoms with van der Waals surface area (Å²) in [7, 11) is -1.15. The first-order valence-electron chi connectivity index (χ1n) is 12.7. The lowest BCUT2D eigenvalue weighted by Crippen LogP contribution is -2.36. The van der Waals surface area contributed by atoms with Gasteiger partial charge in [-0.1, -0.05) is 18.1 Å². The summed E-state index contributed by atoms with van der Waals surface area (Å²) in [6, 6.07) is 8.48. The number of amides is 1. The molecule has 0 spiro atoms. The number of aryl methyl sites for hydroxylation is 1. The minimum absolute atomic E-state index is 0.00137. The summed E-state index contributed by atoms with van der Waals surface area (Å²) in [5.74, 6) is 0.597. The van der Waals surface area contributed by atoms with Gasteiger partial charge in [0.2, 0.25) is 0 Å². The van der Waals surface area contributed by atoms with Crippen molar-refractivity contribution in [3.05, 3.63) is 41.5 Å². The lowest BCUT2D eigenvalue weighted by atomic mass is 10.1. The number of hydrogen-bond donors (Lipinski definition) is 1. The van der Waals surface area contributed by atoms with Crippen LogP contribution in [0.15, 0.2) is 39.8 Å². The highest BCUT2D eigenvalue weighted by atomic mass is 32.2. The van der Waals surface area contributed by atoms with Crippen molar-refractivity contribution in [1.29, 1.82) is 0 Å². The Morgan fingerprint density at radius 3 is 2.54 bits per heavy atom. The molecule has 3 aromatic rings. The van der Waals surface area contributed by atoms with Crippen molar-refractivity contribution < 1.29 is 36.7 Å². The minimum Gasteiger partial charge on any atom is -0.496 e. The van der Waals surface area contributed by atoms with Crippen molar-refractivity contribution in [2.75, 3.05) is 32.0 Å². The van der Waals surface area contributed by atoms with E-state index in [1.165, 1.54) is 14.2 Å². The highest BCUT2D eigenvalue weighted by Gasteiger charge is 2.30. The summed E-state index contributed by atoms with van der Waals surface area (Å²) >= 11 is 0. The van der Waals surface area contributed by atoms with Crippen molar-refractivity contribution in [2.24, 2.45) is 0 Å². The zero-order valence-electron chi connectivity index (χ0n) is 23.1.